The molecule has 2 aliphatic rings. The Balaban J connectivity index is 2.07. The van der Waals surface area contributed by atoms with E-state index in [1.165, 1.54) is 12.1 Å². The summed E-state index contributed by atoms with van der Waals surface area (Å²) in [5, 5.41) is 10.7. The highest BCUT2D eigenvalue weighted by Crippen LogP contribution is 2.54. The van der Waals surface area contributed by atoms with E-state index in [9.17, 15) is 10.1 Å². The summed E-state index contributed by atoms with van der Waals surface area (Å²) in [6.45, 7) is 3.86. The molecule has 0 radical (unpaired) electrons. The van der Waals surface area contributed by atoms with E-state index in [-0.39, 0.29) is 17.9 Å². The Kier molecular flexibility index (Phi) is 1.64. The quantitative estimate of drug-likeness (QED) is 0.414. The van der Waals surface area contributed by atoms with Crippen molar-refractivity contribution in [2.45, 2.75) is 31.7 Å². The largest absolute Gasteiger partial charge is 0.484 e. The molecule has 0 saturated carbocycles. The van der Waals surface area contributed by atoms with Crippen LogP contribution in [0.2, 0.25) is 0 Å². The minimum absolute atomic E-state index is 0.0413. The van der Waals surface area contributed by atoms with Gasteiger partial charge in [0.15, 0.2) is 0 Å². The number of epoxide rings is 1. The summed E-state index contributed by atoms with van der Waals surface area (Å²) in [5.41, 5.74) is 0.552. The lowest BCUT2D eigenvalue weighted by molar-refractivity contribution is -0.385. The van der Waals surface area contributed by atoms with Crippen LogP contribution in [0.4, 0.5) is 5.69 Å². The highest BCUT2D eigenvalue weighted by atomic mass is 16.6. The van der Waals surface area contributed by atoms with E-state index >= 15 is 0 Å². The number of benzene rings is 1. The summed E-state index contributed by atoms with van der Waals surface area (Å²) < 4.78 is 11.3. The third-order valence-corrected chi connectivity index (χ3v) is 3.06. The van der Waals surface area contributed by atoms with Crippen molar-refractivity contribution < 1.29 is 14.4 Å². The molecule has 0 amide bonds. The molecule has 2 heterocycles. The number of fused-ring (bicyclic) bond motifs is 3. The van der Waals surface area contributed by atoms with Gasteiger partial charge in [-0.15, -0.1) is 0 Å². The Morgan fingerprint density at radius 3 is 2.88 bits per heavy atom. The van der Waals surface area contributed by atoms with E-state index in [2.05, 4.69) is 0 Å². The highest BCUT2D eigenvalue weighted by Gasteiger charge is 2.56. The first kappa shape index (κ1) is 9.59. The zero-order chi connectivity index (χ0) is 11.5. The molecule has 2 aliphatic heterocycles. The molecule has 3 rings (SSSR count). The summed E-state index contributed by atoms with van der Waals surface area (Å²) in [6, 6.07) is 4.67. The fourth-order valence-electron chi connectivity index (χ4n) is 2.18. The number of rotatable bonds is 1. The fourth-order valence-corrected chi connectivity index (χ4v) is 2.18. The molecular weight excluding hydrogens is 210 g/mol. The van der Waals surface area contributed by atoms with Crippen LogP contribution in [-0.4, -0.2) is 16.6 Å². The van der Waals surface area contributed by atoms with Crippen LogP contribution in [0.25, 0.3) is 0 Å². The molecule has 0 aromatic heterocycles. The van der Waals surface area contributed by atoms with Crippen LogP contribution in [-0.2, 0) is 4.74 Å². The average Bonchev–Trinajstić information content (AvgIpc) is 2.96. The van der Waals surface area contributed by atoms with Gasteiger partial charge in [0.2, 0.25) is 0 Å². The van der Waals surface area contributed by atoms with Gasteiger partial charge in [-0.05, 0) is 19.9 Å². The van der Waals surface area contributed by atoms with Crippen LogP contribution >= 0.6 is 0 Å². The summed E-state index contributed by atoms with van der Waals surface area (Å²) in [4.78, 5) is 10.2. The molecular formula is C11H11NO4. The normalized spacial score (nSPS) is 28.6. The molecule has 84 valence electrons. The zero-order valence-electron chi connectivity index (χ0n) is 8.97. The highest BCUT2D eigenvalue weighted by molar-refractivity contribution is 5.49. The topological polar surface area (TPSA) is 64.9 Å². The van der Waals surface area contributed by atoms with Gasteiger partial charge in [-0.1, -0.05) is 0 Å². The van der Waals surface area contributed by atoms with Crippen molar-refractivity contribution in [3.63, 3.8) is 0 Å². The van der Waals surface area contributed by atoms with Crippen LogP contribution in [0.5, 0.6) is 5.75 Å². The van der Waals surface area contributed by atoms with Gasteiger partial charge < -0.3 is 9.47 Å². The number of hydrogen-bond donors (Lipinski definition) is 0. The Hall–Kier alpha value is -1.62. The Morgan fingerprint density at radius 1 is 1.44 bits per heavy atom. The molecule has 1 saturated heterocycles. The Morgan fingerprint density at radius 2 is 2.19 bits per heavy atom. The van der Waals surface area contributed by atoms with Gasteiger partial charge in [0.1, 0.15) is 23.6 Å². The molecule has 5 heteroatoms. The number of nitrogens with zero attached hydrogens (tertiary/aromatic N) is 1. The van der Waals surface area contributed by atoms with E-state index in [4.69, 9.17) is 9.47 Å². The molecule has 2 atom stereocenters. The first-order valence-corrected chi connectivity index (χ1v) is 5.12. The summed E-state index contributed by atoms with van der Waals surface area (Å²) >= 11 is 0. The van der Waals surface area contributed by atoms with E-state index in [1.807, 2.05) is 13.8 Å². The van der Waals surface area contributed by atoms with Crippen LogP contribution in [0.15, 0.2) is 18.2 Å². The van der Waals surface area contributed by atoms with Gasteiger partial charge in [-0.2, -0.15) is 0 Å². The van der Waals surface area contributed by atoms with E-state index < -0.39 is 10.5 Å². The first-order valence-electron chi connectivity index (χ1n) is 5.12. The van der Waals surface area contributed by atoms with Gasteiger partial charge >= 0.3 is 0 Å². The molecule has 0 N–H and O–H groups in total. The molecule has 0 bridgehead atoms. The second kappa shape index (κ2) is 2.74. The van der Waals surface area contributed by atoms with E-state index in [1.54, 1.807) is 6.07 Å². The first-order chi connectivity index (χ1) is 7.49. The van der Waals surface area contributed by atoms with Crippen LogP contribution in [0.3, 0.4) is 0 Å². The maximum atomic E-state index is 10.7. The zero-order valence-corrected chi connectivity index (χ0v) is 8.97. The molecule has 5 nitrogen and oxygen atoms in total. The monoisotopic (exact) mass is 221 g/mol. The van der Waals surface area contributed by atoms with Crippen molar-refractivity contribution in [1.29, 1.82) is 0 Å². The molecule has 0 unspecified atom stereocenters. The van der Waals surface area contributed by atoms with Crippen molar-refractivity contribution >= 4 is 5.69 Å². The van der Waals surface area contributed by atoms with Gasteiger partial charge in [0.25, 0.3) is 5.69 Å². The van der Waals surface area contributed by atoms with E-state index in [0.29, 0.717) is 5.75 Å². The second-order valence-electron chi connectivity index (χ2n) is 4.66. The number of non-ortho nitro benzene ring substituents is 1. The number of nitro benzene ring substituents is 1. The summed E-state index contributed by atoms with van der Waals surface area (Å²) in [7, 11) is 0. The smallest absolute Gasteiger partial charge is 0.273 e. The van der Waals surface area contributed by atoms with Gasteiger partial charge in [0, 0.05) is 11.6 Å². The molecule has 16 heavy (non-hydrogen) atoms. The third kappa shape index (κ3) is 1.21. The second-order valence-corrected chi connectivity index (χ2v) is 4.66. The third-order valence-electron chi connectivity index (χ3n) is 3.06. The summed E-state index contributed by atoms with van der Waals surface area (Å²) in [5.74, 6) is 0.568. The van der Waals surface area contributed by atoms with Crippen LogP contribution in [0, 0.1) is 10.1 Å². The predicted octanol–water partition coefficient (Wildman–Crippen LogP) is 2.21. The van der Waals surface area contributed by atoms with Crippen molar-refractivity contribution in [2.75, 3.05) is 0 Å². The van der Waals surface area contributed by atoms with E-state index in [0.717, 1.165) is 5.56 Å². The SMILES string of the molecule is CC1(C)Oc2cc([N+](=O)[O-])ccc2[C@H]2O[C@H]21. The van der Waals surface area contributed by atoms with Crippen molar-refractivity contribution in [3.8, 4) is 5.75 Å². The molecule has 1 aromatic rings. The van der Waals surface area contributed by atoms with Crippen molar-refractivity contribution in [2.24, 2.45) is 0 Å². The number of nitro groups is 1. The fraction of sp³-hybridized carbons (Fsp3) is 0.455. The van der Waals surface area contributed by atoms with Crippen LogP contribution < -0.4 is 4.74 Å². The molecule has 0 spiro atoms. The molecule has 1 aromatic carbocycles. The minimum Gasteiger partial charge on any atom is -0.484 e. The lowest BCUT2D eigenvalue weighted by Gasteiger charge is -2.29. The van der Waals surface area contributed by atoms with Crippen molar-refractivity contribution in [1.82, 2.24) is 0 Å². The van der Waals surface area contributed by atoms with Gasteiger partial charge in [-0.3, -0.25) is 10.1 Å². The van der Waals surface area contributed by atoms with Crippen molar-refractivity contribution in [3.05, 3.63) is 33.9 Å². The maximum absolute atomic E-state index is 10.7. The number of ether oxygens (including phenoxy) is 2. The summed E-state index contributed by atoms with van der Waals surface area (Å²) in [6.07, 6.45) is 0.112. The predicted molar refractivity (Wildman–Crippen MR) is 55.4 cm³/mol. The Labute approximate surface area is 92.1 Å². The maximum Gasteiger partial charge on any atom is 0.273 e. The number of hydrogen-bond acceptors (Lipinski definition) is 4. The lowest BCUT2D eigenvalue weighted by atomic mass is 9.94. The van der Waals surface area contributed by atoms with Gasteiger partial charge in [-0.25, -0.2) is 0 Å². The molecule has 0 aliphatic carbocycles. The average molecular weight is 221 g/mol. The standard InChI is InChI=1S/C11H11NO4/c1-11(2)10-9(15-10)7-4-3-6(12(13)14)5-8(7)16-11/h3-5,9-10H,1-2H3/t9-,10-/m1/s1. The molecule has 1 fully saturated rings. The lowest BCUT2D eigenvalue weighted by Crippen LogP contribution is -2.37. The Bertz CT molecular complexity index is 483. The minimum atomic E-state index is -0.420. The van der Waals surface area contributed by atoms with Gasteiger partial charge in [0.05, 0.1) is 11.0 Å². The van der Waals surface area contributed by atoms with Crippen LogP contribution in [0.1, 0.15) is 25.5 Å².